The van der Waals surface area contributed by atoms with E-state index >= 15 is 0 Å². The number of aryl methyl sites for hydroxylation is 1. The molecule has 0 radical (unpaired) electrons. The first-order valence-corrected chi connectivity index (χ1v) is 8.10. The minimum Gasteiger partial charge on any atom is -0.463 e. The van der Waals surface area contributed by atoms with Gasteiger partial charge < -0.3 is 20.1 Å². The molecule has 1 atom stereocenters. The van der Waals surface area contributed by atoms with Gasteiger partial charge in [-0.2, -0.15) is 0 Å². The predicted molar refractivity (Wildman–Crippen MR) is 93.9 cm³/mol. The molecule has 0 aliphatic carbocycles. The van der Waals surface area contributed by atoms with Crippen LogP contribution in [0.5, 0.6) is 0 Å². The highest BCUT2D eigenvalue weighted by molar-refractivity contribution is 6.00. The van der Waals surface area contributed by atoms with Crippen molar-refractivity contribution in [1.29, 1.82) is 0 Å². The number of hydrogen-bond donors (Lipinski definition) is 3. The smallest absolute Gasteiger partial charge is 0.308 e. The Morgan fingerprint density at radius 1 is 1.35 bits per heavy atom. The molecule has 9 nitrogen and oxygen atoms in total. The van der Waals surface area contributed by atoms with Gasteiger partial charge in [-0.3, -0.25) is 19.7 Å². The standard InChI is InChI=1S/C17H21N3O6/c1-9(2)26-15(22)7-12(8-21)18-17(23)13-6-11-4-10(3)5-14(20(24)25)16(11)19-13/h4-6,9,12,19,21H,7-8H2,1-3H3,(H,18,23)/t12-/m0/s1. The van der Waals surface area contributed by atoms with Gasteiger partial charge in [-0.05, 0) is 38.5 Å². The number of nitro groups is 1. The number of ether oxygens (including phenoxy) is 1. The molecular weight excluding hydrogens is 342 g/mol. The third kappa shape index (κ3) is 4.57. The maximum absolute atomic E-state index is 12.4. The summed E-state index contributed by atoms with van der Waals surface area (Å²) in [6, 6.07) is 3.81. The molecule has 3 N–H and O–H groups in total. The van der Waals surface area contributed by atoms with Crippen LogP contribution in [-0.2, 0) is 9.53 Å². The van der Waals surface area contributed by atoms with Gasteiger partial charge in [0.05, 0.1) is 30.1 Å². The van der Waals surface area contributed by atoms with E-state index in [2.05, 4.69) is 10.3 Å². The van der Waals surface area contributed by atoms with Crippen molar-refractivity contribution in [2.24, 2.45) is 0 Å². The topological polar surface area (TPSA) is 135 Å². The number of esters is 1. The summed E-state index contributed by atoms with van der Waals surface area (Å²) in [4.78, 5) is 37.4. The molecular formula is C17H21N3O6. The third-order valence-electron chi connectivity index (χ3n) is 3.63. The molecule has 26 heavy (non-hydrogen) atoms. The highest BCUT2D eigenvalue weighted by Crippen LogP contribution is 2.27. The molecule has 140 valence electrons. The molecule has 0 aliphatic rings. The van der Waals surface area contributed by atoms with Gasteiger partial charge >= 0.3 is 5.97 Å². The van der Waals surface area contributed by atoms with E-state index in [1.165, 1.54) is 12.1 Å². The summed E-state index contributed by atoms with van der Waals surface area (Å²) in [6.07, 6.45) is -0.477. The van der Waals surface area contributed by atoms with Gasteiger partial charge in [-0.25, -0.2) is 0 Å². The van der Waals surface area contributed by atoms with Crippen LogP contribution >= 0.6 is 0 Å². The van der Waals surface area contributed by atoms with Crippen molar-refractivity contribution >= 4 is 28.5 Å². The molecule has 2 aromatic rings. The Hall–Kier alpha value is -2.94. The minimum absolute atomic E-state index is 0.101. The Kier molecular flexibility index (Phi) is 5.93. The Morgan fingerprint density at radius 3 is 2.62 bits per heavy atom. The van der Waals surface area contributed by atoms with Crippen LogP contribution in [0.4, 0.5) is 5.69 Å². The average Bonchev–Trinajstić information content (AvgIpc) is 2.96. The van der Waals surface area contributed by atoms with E-state index in [1.54, 1.807) is 26.8 Å². The van der Waals surface area contributed by atoms with Gasteiger partial charge in [0.15, 0.2) is 0 Å². The number of aliphatic hydroxyl groups excluding tert-OH is 1. The van der Waals surface area contributed by atoms with Gasteiger partial charge in [0.2, 0.25) is 0 Å². The van der Waals surface area contributed by atoms with Crippen LogP contribution in [0.3, 0.4) is 0 Å². The van der Waals surface area contributed by atoms with E-state index in [1.807, 2.05) is 0 Å². The number of nitro benzene ring substituents is 1. The van der Waals surface area contributed by atoms with E-state index < -0.39 is 29.4 Å². The van der Waals surface area contributed by atoms with Gasteiger partial charge in [-0.1, -0.05) is 0 Å². The molecule has 0 aliphatic heterocycles. The zero-order chi connectivity index (χ0) is 19.4. The summed E-state index contributed by atoms with van der Waals surface area (Å²) in [7, 11) is 0. The van der Waals surface area contributed by atoms with Gasteiger partial charge in [0.25, 0.3) is 11.6 Å². The summed E-state index contributed by atoms with van der Waals surface area (Å²) in [6.45, 7) is 4.67. The summed E-state index contributed by atoms with van der Waals surface area (Å²) in [5.41, 5.74) is 0.910. The number of fused-ring (bicyclic) bond motifs is 1. The van der Waals surface area contributed by atoms with Gasteiger partial charge in [0, 0.05) is 11.5 Å². The molecule has 9 heteroatoms. The number of hydrogen-bond acceptors (Lipinski definition) is 6. The normalized spacial score (nSPS) is 12.2. The lowest BCUT2D eigenvalue weighted by atomic mass is 10.1. The number of H-pyrrole nitrogens is 1. The third-order valence-corrected chi connectivity index (χ3v) is 3.63. The first-order chi connectivity index (χ1) is 12.2. The van der Waals surface area contributed by atoms with E-state index in [9.17, 15) is 24.8 Å². The number of aromatic nitrogens is 1. The van der Waals surface area contributed by atoms with Crippen LogP contribution < -0.4 is 5.32 Å². The molecule has 1 aromatic carbocycles. The Bertz CT molecular complexity index is 842. The molecule has 2 rings (SSSR count). The molecule has 0 saturated carbocycles. The first kappa shape index (κ1) is 19.4. The fourth-order valence-corrected chi connectivity index (χ4v) is 2.57. The number of nitrogens with one attached hydrogen (secondary N) is 2. The van der Waals surface area contributed by atoms with E-state index in [-0.39, 0.29) is 29.4 Å². The number of non-ortho nitro benzene ring substituents is 1. The zero-order valence-electron chi connectivity index (χ0n) is 14.7. The number of amides is 1. The van der Waals surface area contributed by atoms with E-state index in [0.717, 1.165) is 0 Å². The number of carbonyl (C=O) groups excluding carboxylic acids is 2. The van der Waals surface area contributed by atoms with Crippen LogP contribution in [0.2, 0.25) is 0 Å². The van der Waals surface area contributed by atoms with Crippen molar-refractivity contribution in [2.75, 3.05) is 6.61 Å². The highest BCUT2D eigenvalue weighted by atomic mass is 16.6. The van der Waals surface area contributed by atoms with E-state index in [0.29, 0.717) is 10.9 Å². The Labute approximate surface area is 149 Å². The molecule has 0 saturated heterocycles. The Balaban J connectivity index is 2.19. The second kappa shape index (κ2) is 7.96. The Morgan fingerprint density at radius 2 is 2.04 bits per heavy atom. The molecule has 1 aromatic heterocycles. The molecule has 0 bridgehead atoms. The van der Waals surface area contributed by atoms with Crippen LogP contribution in [-0.4, -0.2) is 45.6 Å². The first-order valence-electron chi connectivity index (χ1n) is 8.10. The van der Waals surface area contributed by atoms with E-state index in [4.69, 9.17) is 4.74 Å². The van der Waals surface area contributed by atoms with Crippen molar-refractivity contribution < 1.29 is 24.4 Å². The van der Waals surface area contributed by atoms with Crippen LogP contribution in [0.15, 0.2) is 18.2 Å². The van der Waals surface area contributed by atoms with Gasteiger partial charge in [-0.15, -0.1) is 0 Å². The molecule has 1 heterocycles. The lowest BCUT2D eigenvalue weighted by molar-refractivity contribution is -0.383. The second-order valence-electron chi connectivity index (χ2n) is 6.28. The fourth-order valence-electron chi connectivity index (χ4n) is 2.57. The highest BCUT2D eigenvalue weighted by Gasteiger charge is 2.21. The molecule has 0 unspecified atom stereocenters. The van der Waals surface area contributed by atoms with Crippen molar-refractivity contribution in [2.45, 2.75) is 39.3 Å². The fraction of sp³-hybridized carbons (Fsp3) is 0.412. The molecule has 0 fully saturated rings. The van der Waals surface area contributed by atoms with Crippen molar-refractivity contribution in [3.05, 3.63) is 39.6 Å². The van der Waals surface area contributed by atoms with Crippen LogP contribution in [0.1, 0.15) is 36.3 Å². The van der Waals surface area contributed by atoms with Crippen LogP contribution in [0.25, 0.3) is 10.9 Å². The number of aliphatic hydroxyl groups is 1. The molecule has 1 amide bonds. The van der Waals surface area contributed by atoms with Gasteiger partial charge in [0.1, 0.15) is 11.2 Å². The number of nitrogens with zero attached hydrogens (tertiary/aromatic N) is 1. The summed E-state index contributed by atoms with van der Waals surface area (Å²) in [5.74, 6) is -1.12. The maximum Gasteiger partial charge on any atom is 0.308 e. The maximum atomic E-state index is 12.4. The number of aromatic amines is 1. The lowest BCUT2D eigenvalue weighted by Gasteiger charge is -2.16. The second-order valence-corrected chi connectivity index (χ2v) is 6.28. The van der Waals surface area contributed by atoms with Crippen molar-refractivity contribution in [3.63, 3.8) is 0 Å². The number of benzene rings is 1. The van der Waals surface area contributed by atoms with Crippen LogP contribution in [0, 0.1) is 17.0 Å². The summed E-state index contributed by atoms with van der Waals surface area (Å²) < 4.78 is 4.99. The van der Waals surface area contributed by atoms with Crippen molar-refractivity contribution in [3.8, 4) is 0 Å². The predicted octanol–water partition coefficient (Wildman–Crippen LogP) is 1.82. The number of rotatable bonds is 7. The minimum atomic E-state index is -0.822. The zero-order valence-corrected chi connectivity index (χ0v) is 14.7. The molecule has 0 spiro atoms. The lowest BCUT2D eigenvalue weighted by Crippen LogP contribution is -2.39. The number of carbonyl (C=O) groups is 2. The van der Waals surface area contributed by atoms with Crippen molar-refractivity contribution in [1.82, 2.24) is 10.3 Å². The monoisotopic (exact) mass is 363 g/mol. The quantitative estimate of drug-likeness (QED) is 0.390. The summed E-state index contributed by atoms with van der Waals surface area (Å²) >= 11 is 0. The SMILES string of the molecule is Cc1cc([N+](=O)[O-])c2[nH]c(C(=O)N[C@H](CO)CC(=O)OC(C)C)cc2c1. The average molecular weight is 363 g/mol. The largest absolute Gasteiger partial charge is 0.463 e. The summed E-state index contributed by atoms with van der Waals surface area (Å²) in [5, 5.41) is 23.6.